The number of rotatable bonds is 11. The summed E-state index contributed by atoms with van der Waals surface area (Å²) < 4.78 is 55.2. The van der Waals surface area contributed by atoms with Crippen LogP contribution in [0.1, 0.15) is 46.6 Å². The lowest BCUT2D eigenvalue weighted by Gasteiger charge is -2.47. The van der Waals surface area contributed by atoms with Crippen LogP contribution >= 0.6 is 0 Å². The number of carbonyl (C=O) groups excluding carboxylic acids is 7. The van der Waals surface area contributed by atoms with Crippen LogP contribution in [0.5, 0.6) is 5.75 Å². The largest absolute Gasteiger partial charge is 0.471 e. The van der Waals surface area contributed by atoms with Gasteiger partial charge in [0.2, 0.25) is 12.6 Å². The molecule has 0 aliphatic carbocycles. The zero-order chi connectivity index (χ0) is 37.4. The van der Waals surface area contributed by atoms with Gasteiger partial charge in [-0.15, -0.1) is 0 Å². The fourth-order valence-corrected chi connectivity index (χ4v) is 5.88. The van der Waals surface area contributed by atoms with Crippen molar-refractivity contribution in [3.8, 4) is 5.75 Å². The SMILES string of the molecule is COC(=O)C1=CO[C@@H](O[C@@H]2O[C@H](COC(=O)/C=C/c3ccc(OC(C)=O)cc3)[C@H](OC(C)=O)[C@H](OC(C)=O)[C@H]2OC(C)=O)C2C(C)OC(=O)CC12. The van der Waals surface area contributed by atoms with Crippen LogP contribution in [-0.2, 0) is 76.2 Å². The second-order valence-corrected chi connectivity index (χ2v) is 11.7. The predicted octanol–water partition coefficient (Wildman–Crippen LogP) is 1.69. The van der Waals surface area contributed by atoms with Crippen molar-refractivity contribution in [1.29, 1.82) is 0 Å². The molecule has 0 radical (unpaired) electrons. The Hall–Kier alpha value is -5.29. The number of carbonyl (C=O) groups is 7. The van der Waals surface area contributed by atoms with E-state index >= 15 is 0 Å². The second-order valence-electron chi connectivity index (χ2n) is 11.7. The number of ether oxygens (including phenoxy) is 10. The summed E-state index contributed by atoms with van der Waals surface area (Å²) in [6, 6.07) is 6.25. The number of cyclic esters (lactones) is 1. The van der Waals surface area contributed by atoms with Gasteiger partial charge in [0.1, 0.15) is 24.6 Å². The Balaban J connectivity index is 1.61. The van der Waals surface area contributed by atoms with Crippen LogP contribution < -0.4 is 4.74 Å². The van der Waals surface area contributed by atoms with Crippen molar-refractivity contribution in [1.82, 2.24) is 0 Å². The van der Waals surface area contributed by atoms with Gasteiger partial charge in [0.25, 0.3) is 0 Å². The Labute approximate surface area is 292 Å². The van der Waals surface area contributed by atoms with E-state index in [0.717, 1.165) is 33.1 Å². The molecule has 51 heavy (non-hydrogen) atoms. The van der Waals surface area contributed by atoms with Crippen molar-refractivity contribution in [3.05, 3.63) is 47.7 Å². The molecule has 0 spiro atoms. The molecule has 3 aliphatic rings. The van der Waals surface area contributed by atoms with E-state index in [1.54, 1.807) is 19.1 Å². The Morgan fingerprint density at radius 3 is 2.08 bits per heavy atom. The molecule has 0 saturated carbocycles. The maximum Gasteiger partial charge on any atom is 0.337 e. The van der Waals surface area contributed by atoms with Gasteiger partial charge in [-0.05, 0) is 30.7 Å². The topological polar surface area (TPSA) is 212 Å². The highest BCUT2D eigenvalue weighted by Gasteiger charge is 2.56. The molecular weight excluding hydrogens is 680 g/mol. The normalized spacial score (nSPS) is 28.5. The van der Waals surface area contributed by atoms with Crippen molar-refractivity contribution in [3.63, 3.8) is 0 Å². The van der Waals surface area contributed by atoms with Gasteiger partial charge >= 0.3 is 41.8 Å². The molecule has 3 unspecified atom stereocenters. The third kappa shape index (κ3) is 10.1. The van der Waals surface area contributed by atoms with E-state index < -0.39 is 103 Å². The van der Waals surface area contributed by atoms with Crippen molar-refractivity contribution in [2.45, 2.75) is 84.1 Å². The standard InChI is InChI=1S/C34H38O17/c1-16-28-23(13-27(40)45-16)24(32(41)42-6)14-44-33(28)51-34-31(49-20(5)38)30(48-19(4)37)29(47-18(3)36)25(50-34)15-43-26(39)12-9-21-7-10-22(11-8-21)46-17(2)35/h7-12,14,16,23,25,28-31,33-34H,13,15H2,1-6H3/b12-9+/t16?,23?,25-,28?,29+,30+,31-,33+,34+/m1/s1. The summed E-state index contributed by atoms with van der Waals surface area (Å²) >= 11 is 0. The van der Waals surface area contributed by atoms with Gasteiger partial charge in [0.15, 0.2) is 18.3 Å². The fraction of sp³-hybridized carbons (Fsp3) is 0.500. The lowest BCUT2D eigenvalue weighted by atomic mass is 9.77. The second kappa shape index (κ2) is 17.1. The Kier molecular flexibility index (Phi) is 12.9. The smallest absolute Gasteiger partial charge is 0.337 e. The van der Waals surface area contributed by atoms with E-state index in [4.69, 9.17) is 47.4 Å². The van der Waals surface area contributed by atoms with E-state index in [9.17, 15) is 33.6 Å². The zero-order valence-corrected chi connectivity index (χ0v) is 28.6. The Morgan fingerprint density at radius 2 is 1.47 bits per heavy atom. The number of esters is 7. The van der Waals surface area contributed by atoms with Crippen LogP contribution in [0.2, 0.25) is 0 Å². The Morgan fingerprint density at radius 1 is 0.843 bits per heavy atom. The first-order valence-corrected chi connectivity index (χ1v) is 15.8. The summed E-state index contributed by atoms with van der Waals surface area (Å²) in [7, 11) is 1.17. The highest BCUT2D eigenvalue weighted by molar-refractivity contribution is 5.90. The first-order chi connectivity index (χ1) is 24.2. The van der Waals surface area contributed by atoms with Crippen LogP contribution in [0.15, 0.2) is 42.2 Å². The first-order valence-electron chi connectivity index (χ1n) is 15.8. The summed E-state index contributed by atoms with van der Waals surface area (Å²) in [6.07, 6.45) is -6.27. The summed E-state index contributed by atoms with van der Waals surface area (Å²) in [5, 5.41) is 0. The van der Waals surface area contributed by atoms with Gasteiger partial charge in [-0.2, -0.15) is 0 Å². The average Bonchev–Trinajstić information content (AvgIpc) is 3.04. The molecule has 2 saturated heterocycles. The van der Waals surface area contributed by atoms with Crippen LogP contribution in [-0.4, -0.2) is 98.6 Å². The number of fused-ring (bicyclic) bond motifs is 1. The molecular formula is C34H38O17. The number of methoxy groups -OCH3 is 1. The maximum absolute atomic E-state index is 12.8. The van der Waals surface area contributed by atoms with E-state index in [2.05, 4.69) is 0 Å². The van der Waals surface area contributed by atoms with Crippen LogP contribution in [0.25, 0.3) is 6.08 Å². The molecule has 0 N–H and O–H groups in total. The summed E-state index contributed by atoms with van der Waals surface area (Å²) in [5.74, 6) is -6.40. The van der Waals surface area contributed by atoms with Gasteiger partial charge in [-0.25, -0.2) is 9.59 Å². The Bertz CT molecular complexity index is 1560. The molecule has 1 aromatic rings. The number of hydrogen-bond donors (Lipinski definition) is 0. The quantitative estimate of drug-likeness (QED) is 0.138. The molecule has 0 bridgehead atoms. The van der Waals surface area contributed by atoms with E-state index in [1.165, 1.54) is 32.2 Å². The minimum Gasteiger partial charge on any atom is -0.471 e. The highest BCUT2D eigenvalue weighted by Crippen LogP contribution is 2.42. The first kappa shape index (κ1) is 38.5. The summed E-state index contributed by atoms with van der Waals surface area (Å²) in [6.45, 7) is 5.50. The van der Waals surface area contributed by atoms with Crippen molar-refractivity contribution < 1.29 is 80.9 Å². The van der Waals surface area contributed by atoms with E-state index in [1.807, 2.05) is 0 Å². The van der Waals surface area contributed by atoms with Gasteiger partial charge in [-0.1, -0.05) is 12.1 Å². The molecule has 0 amide bonds. The third-order valence-corrected chi connectivity index (χ3v) is 7.88. The average molecular weight is 719 g/mol. The lowest BCUT2D eigenvalue weighted by Crippen LogP contribution is -2.64. The zero-order valence-electron chi connectivity index (χ0n) is 28.6. The monoisotopic (exact) mass is 718 g/mol. The molecule has 9 atom stereocenters. The molecule has 17 heteroatoms. The van der Waals surface area contributed by atoms with Crippen LogP contribution in [0, 0.1) is 11.8 Å². The molecule has 0 aromatic heterocycles. The summed E-state index contributed by atoms with van der Waals surface area (Å²) in [4.78, 5) is 85.6. The molecule has 3 aliphatic heterocycles. The molecule has 3 heterocycles. The number of hydrogen-bond acceptors (Lipinski definition) is 17. The fourth-order valence-electron chi connectivity index (χ4n) is 5.88. The van der Waals surface area contributed by atoms with Crippen molar-refractivity contribution in [2.75, 3.05) is 13.7 Å². The molecule has 17 nitrogen and oxygen atoms in total. The van der Waals surface area contributed by atoms with Crippen LogP contribution in [0.4, 0.5) is 0 Å². The van der Waals surface area contributed by atoms with Crippen molar-refractivity contribution in [2.24, 2.45) is 11.8 Å². The van der Waals surface area contributed by atoms with Gasteiger partial charge < -0.3 is 47.4 Å². The van der Waals surface area contributed by atoms with E-state index in [0.29, 0.717) is 11.3 Å². The van der Waals surface area contributed by atoms with E-state index in [-0.39, 0.29) is 12.0 Å². The van der Waals surface area contributed by atoms with Crippen molar-refractivity contribution >= 4 is 47.9 Å². The lowest BCUT2D eigenvalue weighted by molar-refractivity contribution is -0.348. The van der Waals surface area contributed by atoms with Gasteiger partial charge in [0, 0.05) is 39.7 Å². The van der Waals surface area contributed by atoms with Gasteiger partial charge in [-0.3, -0.25) is 24.0 Å². The maximum atomic E-state index is 12.8. The molecule has 1 aromatic carbocycles. The minimum atomic E-state index is -1.62. The predicted molar refractivity (Wildman–Crippen MR) is 166 cm³/mol. The molecule has 2 fully saturated rings. The van der Waals surface area contributed by atoms with Gasteiger partial charge in [0.05, 0.1) is 31.3 Å². The third-order valence-electron chi connectivity index (χ3n) is 7.88. The molecule has 276 valence electrons. The van der Waals surface area contributed by atoms with Crippen LogP contribution in [0.3, 0.4) is 0 Å². The molecule has 4 rings (SSSR count). The number of benzene rings is 1. The minimum absolute atomic E-state index is 0.0674. The highest BCUT2D eigenvalue weighted by atomic mass is 16.8. The summed E-state index contributed by atoms with van der Waals surface area (Å²) in [5.41, 5.74) is 0.637.